The van der Waals surface area contributed by atoms with E-state index in [9.17, 15) is 14.7 Å². The van der Waals surface area contributed by atoms with Crippen LogP contribution in [0.5, 0.6) is 0 Å². The molecule has 0 amide bonds. The van der Waals surface area contributed by atoms with Crippen LogP contribution in [0.4, 0.5) is 0 Å². The number of carbonyl (C=O) groups excluding carboxylic acids is 1. The summed E-state index contributed by atoms with van der Waals surface area (Å²) in [5.41, 5.74) is 0. The Morgan fingerprint density at radius 2 is 1.71 bits per heavy atom. The molecule has 2 fully saturated rings. The van der Waals surface area contributed by atoms with E-state index in [2.05, 4.69) is 0 Å². The van der Waals surface area contributed by atoms with Crippen LogP contribution < -0.4 is 0 Å². The maximum absolute atomic E-state index is 12.3. The fourth-order valence-corrected chi connectivity index (χ4v) is 5.24. The van der Waals surface area contributed by atoms with Crippen molar-refractivity contribution in [3.05, 3.63) is 0 Å². The van der Waals surface area contributed by atoms with Gasteiger partial charge in [0.25, 0.3) is 5.79 Å². The second-order valence-corrected chi connectivity index (χ2v) is 9.05. The van der Waals surface area contributed by atoms with Gasteiger partial charge in [0.1, 0.15) is 5.78 Å². The molecule has 0 aliphatic heterocycles. The highest BCUT2D eigenvalue weighted by atomic mass is 16.6. The van der Waals surface area contributed by atoms with E-state index in [4.69, 9.17) is 9.84 Å². The molecule has 2 aliphatic carbocycles. The zero-order chi connectivity index (χ0) is 20.4. The lowest BCUT2D eigenvalue weighted by atomic mass is 9.84. The van der Waals surface area contributed by atoms with Gasteiger partial charge in [-0.3, -0.25) is 4.79 Å². The van der Waals surface area contributed by atoms with Gasteiger partial charge in [0.15, 0.2) is 0 Å². The number of Topliss-reactive ketones (excluding diaryl/α,β-unsaturated/α-hetero) is 1. The molecule has 5 nitrogen and oxygen atoms in total. The van der Waals surface area contributed by atoms with Crippen LogP contribution in [0.2, 0.25) is 0 Å². The number of carboxylic acids is 1. The second-order valence-electron chi connectivity index (χ2n) is 9.05. The van der Waals surface area contributed by atoms with Crippen molar-refractivity contribution in [2.45, 2.75) is 109 Å². The summed E-state index contributed by atoms with van der Waals surface area (Å²) < 4.78 is 4.72. The summed E-state index contributed by atoms with van der Waals surface area (Å²) in [6, 6.07) is 0. The smallest absolute Gasteiger partial charge is 0.364 e. The monoisotopic (exact) mass is 396 g/mol. The lowest BCUT2D eigenvalue weighted by Crippen LogP contribution is -2.40. The third-order valence-electron chi connectivity index (χ3n) is 7.11. The molecule has 0 aromatic heterocycles. The third-order valence-corrected chi connectivity index (χ3v) is 7.11. The number of ketones is 1. The van der Waals surface area contributed by atoms with Crippen molar-refractivity contribution in [2.24, 2.45) is 17.8 Å². The van der Waals surface area contributed by atoms with Crippen molar-refractivity contribution < 1.29 is 24.5 Å². The summed E-state index contributed by atoms with van der Waals surface area (Å²) in [5.74, 6) is -1.33. The first-order valence-corrected chi connectivity index (χ1v) is 11.5. The molecule has 28 heavy (non-hydrogen) atoms. The summed E-state index contributed by atoms with van der Waals surface area (Å²) in [6.07, 6.45) is 17.3. The summed E-state index contributed by atoms with van der Waals surface area (Å²) in [5, 5.41) is 18.8. The number of ether oxygens (including phenoxy) is 1. The maximum atomic E-state index is 12.3. The minimum Gasteiger partial charge on any atom is -0.477 e. The van der Waals surface area contributed by atoms with Crippen molar-refractivity contribution in [1.82, 2.24) is 0 Å². The zero-order valence-corrected chi connectivity index (χ0v) is 17.7. The van der Waals surface area contributed by atoms with E-state index in [1.165, 1.54) is 64.9 Å². The molecule has 162 valence electrons. The van der Waals surface area contributed by atoms with Crippen LogP contribution in [0, 0.1) is 17.8 Å². The van der Waals surface area contributed by atoms with Crippen molar-refractivity contribution in [2.75, 3.05) is 7.11 Å². The Balaban J connectivity index is 1.65. The normalized spacial score (nSPS) is 26.1. The van der Waals surface area contributed by atoms with Gasteiger partial charge in [-0.25, -0.2) is 4.79 Å². The van der Waals surface area contributed by atoms with Crippen LogP contribution in [0.1, 0.15) is 103 Å². The van der Waals surface area contributed by atoms with Gasteiger partial charge in [0.05, 0.1) is 0 Å². The molecular weight excluding hydrogens is 356 g/mol. The highest BCUT2D eigenvalue weighted by Gasteiger charge is 2.36. The van der Waals surface area contributed by atoms with E-state index in [0.717, 1.165) is 38.0 Å². The topological polar surface area (TPSA) is 83.8 Å². The van der Waals surface area contributed by atoms with Crippen molar-refractivity contribution in [3.63, 3.8) is 0 Å². The van der Waals surface area contributed by atoms with Crippen LogP contribution in [0.15, 0.2) is 0 Å². The molecule has 2 rings (SSSR count). The largest absolute Gasteiger partial charge is 0.477 e. The average molecular weight is 397 g/mol. The molecule has 0 saturated heterocycles. The van der Waals surface area contributed by atoms with E-state index >= 15 is 0 Å². The maximum Gasteiger partial charge on any atom is 0.364 e. The molecule has 0 heterocycles. The Morgan fingerprint density at radius 3 is 2.36 bits per heavy atom. The standard InChI is InChI=1S/C23H40O5/c1-28-23(27,22(25)26)17-8-4-7-14-20-19(15-16-21(20)24)13-9-12-18-10-5-2-3-6-11-18/h18-20,27H,2-17H2,1H3,(H,25,26)/t19-,20+,23?/m0/s1. The van der Waals surface area contributed by atoms with E-state index in [-0.39, 0.29) is 12.3 Å². The summed E-state index contributed by atoms with van der Waals surface area (Å²) in [6.45, 7) is 0. The van der Waals surface area contributed by atoms with E-state index in [1.54, 1.807) is 0 Å². The molecule has 0 bridgehead atoms. The number of aliphatic carboxylic acids is 1. The molecular formula is C23H40O5. The van der Waals surface area contributed by atoms with Crippen LogP contribution in [0.3, 0.4) is 0 Å². The number of aliphatic hydroxyl groups is 1. The molecule has 0 aromatic rings. The number of carboxylic acid groups (broad SMARTS) is 1. The summed E-state index contributed by atoms with van der Waals surface area (Å²) >= 11 is 0. The molecule has 2 aliphatic rings. The molecule has 0 spiro atoms. The van der Waals surface area contributed by atoms with Crippen LogP contribution in [0.25, 0.3) is 0 Å². The van der Waals surface area contributed by atoms with Gasteiger partial charge in [-0.15, -0.1) is 0 Å². The molecule has 3 atom stereocenters. The van der Waals surface area contributed by atoms with Crippen molar-refractivity contribution in [1.29, 1.82) is 0 Å². The Hall–Kier alpha value is -0.940. The predicted octanol–water partition coefficient (Wildman–Crippen LogP) is 5.09. The lowest BCUT2D eigenvalue weighted by molar-refractivity contribution is -0.216. The van der Waals surface area contributed by atoms with E-state index < -0.39 is 11.8 Å². The van der Waals surface area contributed by atoms with Gasteiger partial charge < -0.3 is 14.9 Å². The number of hydrogen-bond acceptors (Lipinski definition) is 4. The molecule has 1 unspecified atom stereocenters. The second kappa shape index (κ2) is 11.9. The summed E-state index contributed by atoms with van der Waals surface area (Å²) in [7, 11) is 1.21. The van der Waals surface area contributed by atoms with Crippen LogP contribution >= 0.6 is 0 Å². The first kappa shape index (κ1) is 23.3. The van der Waals surface area contributed by atoms with Crippen LogP contribution in [-0.4, -0.2) is 34.9 Å². The van der Waals surface area contributed by atoms with Crippen molar-refractivity contribution in [3.8, 4) is 0 Å². The molecule has 2 saturated carbocycles. The lowest BCUT2D eigenvalue weighted by Gasteiger charge is -2.22. The van der Waals surface area contributed by atoms with Gasteiger partial charge >= 0.3 is 5.97 Å². The number of methoxy groups -OCH3 is 1. The van der Waals surface area contributed by atoms with E-state index in [0.29, 0.717) is 18.1 Å². The minimum absolute atomic E-state index is 0.0856. The van der Waals surface area contributed by atoms with Gasteiger partial charge in [-0.05, 0) is 37.5 Å². The zero-order valence-electron chi connectivity index (χ0n) is 17.7. The highest BCUT2D eigenvalue weighted by molar-refractivity contribution is 5.83. The van der Waals surface area contributed by atoms with Gasteiger partial charge in [-0.1, -0.05) is 64.2 Å². The first-order chi connectivity index (χ1) is 13.5. The van der Waals surface area contributed by atoms with Gasteiger partial charge in [-0.2, -0.15) is 0 Å². The fraction of sp³-hybridized carbons (Fsp3) is 0.913. The van der Waals surface area contributed by atoms with Crippen LogP contribution in [-0.2, 0) is 14.3 Å². The molecule has 2 N–H and O–H groups in total. The van der Waals surface area contributed by atoms with Crippen molar-refractivity contribution >= 4 is 11.8 Å². The predicted molar refractivity (Wildman–Crippen MR) is 109 cm³/mol. The number of unbranched alkanes of at least 4 members (excludes halogenated alkanes) is 2. The number of carbonyl (C=O) groups is 2. The molecule has 0 aromatic carbocycles. The SMILES string of the molecule is COC(O)(CCCCC[C@H]1C(=O)CC[C@@H]1CCCC1CCCCCC1)C(=O)O. The Morgan fingerprint density at radius 1 is 1.00 bits per heavy atom. The Labute approximate surface area is 170 Å². The third kappa shape index (κ3) is 7.14. The minimum atomic E-state index is -2.08. The van der Waals surface area contributed by atoms with E-state index in [1.807, 2.05) is 0 Å². The molecule has 0 radical (unpaired) electrons. The summed E-state index contributed by atoms with van der Waals surface area (Å²) in [4.78, 5) is 23.3. The average Bonchev–Trinajstić information content (AvgIpc) is 2.87. The number of hydrogen-bond donors (Lipinski definition) is 2. The first-order valence-electron chi connectivity index (χ1n) is 11.5. The Kier molecular flexibility index (Phi) is 9.93. The quantitative estimate of drug-likeness (QED) is 0.273. The van der Waals surface area contributed by atoms with Gasteiger partial charge in [0.2, 0.25) is 0 Å². The van der Waals surface area contributed by atoms with Gasteiger partial charge in [0, 0.05) is 25.9 Å². The Bertz CT molecular complexity index is 483. The fourth-order valence-electron chi connectivity index (χ4n) is 5.24. The highest BCUT2D eigenvalue weighted by Crippen LogP contribution is 2.37. The number of rotatable bonds is 12. The molecule has 5 heteroatoms.